The van der Waals surface area contributed by atoms with E-state index in [-0.39, 0.29) is 18.0 Å². The highest BCUT2D eigenvalue weighted by Crippen LogP contribution is 2.48. The molecule has 1 saturated carbocycles. The van der Waals surface area contributed by atoms with E-state index in [9.17, 15) is 13.2 Å². The number of fused-ring (bicyclic) bond motifs is 1. The smallest absolute Gasteiger partial charge is 0.226 e. The minimum Gasteiger partial charge on any atom is -0.377 e. The van der Waals surface area contributed by atoms with Crippen molar-refractivity contribution in [3.05, 3.63) is 48.0 Å². The summed E-state index contributed by atoms with van der Waals surface area (Å²) in [7, 11) is -3.21. The average Bonchev–Trinajstić information content (AvgIpc) is 3.35. The van der Waals surface area contributed by atoms with Crippen LogP contribution in [0.25, 0.3) is 11.1 Å². The van der Waals surface area contributed by atoms with Crippen molar-refractivity contribution in [3.63, 3.8) is 0 Å². The van der Waals surface area contributed by atoms with E-state index in [1.165, 1.54) is 0 Å². The van der Waals surface area contributed by atoms with Crippen LogP contribution in [0.3, 0.4) is 0 Å². The number of para-hydroxylation sites is 1. The quantitative estimate of drug-likeness (QED) is 0.771. The minimum atomic E-state index is -3.21. The molecule has 0 unspecified atom stereocenters. The summed E-state index contributed by atoms with van der Waals surface area (Å²) in [6.07, 6.45) is 3.65. The lowest BCUT2D eigenvalue weighted by molar-refractivity contribution is -0.116. The number of anilines is 2. The Hall–Kier alpha value is -2.38. The second kappa shape index (κ2) is 6.10. The molecule has 1 amide bonds. The van der Waals surface area contributed by atoms with Gasteiger partial charge in [0, 0.05) is 24.1 Å². The zero-order chi connectivity index (χ0) is 18.4. The average molecular weight is 371 g/mol. The molecule has 2 aromatic carbocycles. The number of carbonyl (C=O) groups is 1. The summed E-state index contributed by atoms with van der Waals surface area (Å²) in [5.41, 5.74) is 4.59. The maximum Gasteiger partial charge on any atom is 0.226 e. The zero-order valence-electron chi connectivity index (χ0n) is 14.5. The van der Waals surface area contributed by atoms with Gasteiger partial charge in [-0.1, -0.05) is 36.4 Å². The van der Waals surface area contributed by atoms with E-state index < -0.39 is 10.0 Å². The molecule has 26 heavy (non-hydrogen) atoms. The molecule has 4 rings (SSSR count). The topological polar surface area (TPSA) is 87.3 Å². The molecule has 3 N–H and O–H groups in total. The largest absolute Gasteiger partial charge is 0.377 e. The lowest BCUT2D eigenvalue weighted by atomic mass is 10.0. The van der Waals surface area contributed by atoms with E-state index in [1.54, 1.807) is 0 Å². The van der Waals surface area contributed by atoms with Gasteiger partial charge < -0.3 is 10.6 Å². The van der Waals surface area contributed by atoms with Crippen LogP contribution in [0, 0.1) is 0 Å². The molecule has 1 aliphatic heterocycles. The molecule has 0 radical (unpaired) electrons. The number of carbonyl (C=O) groups excluding carboxylic acids is 1. The predicted molar refractivity (Wildman–Crippen MR) is 102 cm³/mol. The standard InChI is InChI=1S/C19H21N3O3S/c1-26(24,25)20-12-13-5-7-14(8-6-13)15-3-2-4-16-18(15)22-19(9-10-19)11-17(23)21-16/h2-8,20,22H,9-12H2,1H3,(H,21,23). The van der Waals surface area contributed by atoms with E-state index in [1.807, 2.05) is 42.5 Å². The van der Waals surface area contributed by atoms with Crippen LogP contribution in [0.2, 0.25) is 0 Å². The van der Waals surface area contributed by atoms with Crippen molar-refractivity contribution in [1.29, 1.82) is 0 Å². The molecule has 1 heterocycles. The van der Waals surface area contributed by atoms with Crippen molar-refractivity contribution in [2.75, 3.05) is 16.9 Å². The molecular formula is C19H21N3O3S. The van der Waals surface area contributed by atoms with Gasteiger partial charge >= 0.3 is 0 Å². The highest BCUT2D eigenvalue weighted by Gasteiger charge is 2.46. The Morgan fingerprint density at radius 2 is 1.85 bits per heavy atom. The SMILES string of the molecule is CS(=O)(=O)NCc1ccc(-c2cccc3c2NC2(CC2)CC(=O)N3)cc1. The first kappa shape index (κ1) is 17.1. The first-order valence-electron chi connectivity index (χ1n) is 8.59. The van der Waals surface area contributed by atoms with Gasteiger partial charge in [-0.2, -0.15) is 0 Å². The third-order valence-electron chi connectivity index (χ3n) is 4.88. The number of hydrogen-bond acceptors (Lipinski definition) is 4. The van der Waals surface area contributed by atoms with Gasteiger partial charge in [-0.05, 0) is 30.0 Å². The van der Waals surface area contributed by atoms with Gasteiger partial charge in [0.15, 0.2) is 0 Å². The molecule has 6 nitrogen and oxygen atoms in total. The number of hydrogen-bond donors (Lipinski definition) is 3. The monoisotopic (exact) mass is 371 g/mol. The molecule has 2 aromatic rings. The van der Waals surface area contributed by atoms with Gasteiger partial charge in [0.25, 0.3) is 0 Å². The highest BCUT2D eigenvalue weighted by molar-refractivity contribution is 7.88. The van der Waals surface area contributed by atoms with Crippen LogP contribution in [0.4, 0.5) is 11.4 Å². The molecule has 136 valence electrons. The van der Waals surface area contributed by atoms with Gasteiger partial charge in [-0.3, -0.25) is 4.79 Å². The molecule has 2 aliphatic rings. The van der Waals surface area contributed by atoms with Crippen molar-refractivity contribution >= 4 is 27.3 Å². The first-order valence-corrected chi connectivity index (χ1v) is 10.5. The fourth-order valence-electron chi connectivity index (χ4n) is 3.31. The minimum absolute atomic E-state index is 0.0492. The van der Waals surface area contributed by atoms with Gasteiger partial charge in [-0.15, -0.1) is 0 Å². The van der Waals surface area contributed by atoms with Crippen LogP contribution in [-0.4, -0.2) is 26.1 Å². The molecule has 7 heteroatoms. The number of nitrogens with one attached hydrogen (secondary N) is 3. The Morgan fingerprint density at radius 3 is 2.50 bits per heavy atom. The Kier molecular flexibility index (Phi) is 4.00. The third-order valence-corrected chi connectivity index (χ3v) is 5.55. The fraction of sp³-hybridized carbons (Fsp3) is 0.316. The van der Waals surface area contributed by atoms with Gasteiger partial charge in [0.05, 0.1) is 17.6 Å². The van der Waals surface area contributed by atoms with Crippen LogP contribution in [0.5, 0.6) is 0 Å². The first-order chi connectivity index (χ1) is 12.3. The van der Waals surface area contributed by atoms with Crippen molar-refractivity contribution < 1.29 is 13.2 Å². The maximum atomic E-state index is 12.1. The van der Waals surface area contributed by atoms with E-state index in [4.69, 9.17) is 0 Å². The molecule has 1 spiro atoms. The van der Waals surface area contributed by atoms with Crippen molar-refractivity contribution in [1.82, 2.24) is 4.72 Å². The number of rotatable bonds is 4. The molecule has 1 aliphatic carbocycles. The normalized spacial score (nSPS) is 17.8. The molecular weight excluding hydrogens is 350 g/mol. The second-order valence-electron chi connectivity index (χ2n) is 7.15. The zero-order valence-corrected chi connectivity index (χ0v) is 15.3. The van der Waals surface area contributed by atoms with Crippen molar-refractivity contribution in [2.24, 2.45) is 0 Å². The van der Waals surface area contributed by atoms with Crippen molar-refractivity contribution in [2.45, 2.75) is 31.3 Å². The summed E-state index contributed by atoms with van der Waals surface area (Å²) in [5, 5.41) is 6.59. The summed E-state index contributed by atoms with van der Waals surface area (Å²) >= 11 is 0. The second-order valence-corrected chi connectivity index (χ2v) is 8.98. The fourth-order valence-corrected chi connectivity index (χ4v) is 3.74. The molecule has 0 aromatic heterocycles. The molecule has 1 fully saturated rings. The van der Waals surface area contributed by atoms with Gasteiger partial charge in [0.2, 0.25) is 15.9 Å². The summed E-state index contributed by atoms with van der Waals surface area (Å²) in [4.78, 5) is 12.1. The lowest BCUT2D eigenvalue weighted by Crippen LogP contribution is -2.24. The lowest BCUT2D eigenvalue weighted by Gasteiger charge is -2.19. The number of benzene rings is 2. The molecule has 0 saturated heterocycles. The Bertz CT molecular complexity index is 964. The summed E-state index contributed by atoms with van der Waals surface area (Å²) in [6.45, 7) is 0.267. The Labute approximate surface area is 153 Å². The van der Waals surface area contributed by atoms with E-state index in [0.29, 0.717) is 6.42 Å². The number of sulfonamides is 1. The summed E-state index contributed by atoms with van der Waals surface area (Å²) in [5.74, 6) is 0.0492. The van der Waals surface area contributed by atoms with Crippen LogP contribution < -0.4 is 15.4 Å². The van der Waals surface area contributed by atoms with Gasteiger partial charge in [-0.25, -0.2) is 13.1 Å². The van der Waals surface area contributed by atoms with Gasteiger partial charge in [0.1, 0.15) is 0 Å². The summed E-state index contributed by atoms with van der Waals surface area (Å²) in [6, 6.07) is 13.6. The van der Waals surface area contributed by atoms with E-state index in [0.717, 1.165) is 47.2 Å². The number of amides is 1. The third kappa shape index (κ3) is 3.59. The summed E-state index contributed by atoms with van der Waals surface area (Å²) < 4.78 is 24.9. The maximum absolute atomic E-state index is 12.1. The van der Waals surface area contributed by atoms with Crippen LogP contribution in [-0.2, 0) is 21.4 Å². The molecule has 0 atom stereocenters. The Morgan fingerprint density at radius 1 is 1.12 bits per heavy atom. The van der Waals surface area contributed by atoms with Crippen molar-refractivity contribution in [3.8, 4) is 11.1 Å². The molecule has 0 bridgehead atoms. The van der Waals surface area contributed by atoms with E-state index >= 15 is 0 Å². The van der Waals surface area contributed by atoms with Crippen LogP contribution >= 0.6 is 0 Å². The Balaban J connectivity index is 1.64. The predicted octanol–water partition coefficient (Wildman–Crippen LogP) is 2.69. The van der Waals surface area contributed by atoms with Crippen LogP contribution in [0.1, 0.15) is 24.8 Å². The van der Waals surface area contributed by atoms with Crippen LogP contribution in [0.15, 0.2) is 42.5 Å². The van der Waals surface area contributed by atoms with E-state index in [2.05, 4.69) is 15.4 Å². The highest BCUT2D eigenvalue weighted by atomic mass is 32.2.